The van der Waals surface area contributed by atoms with Crippen LogP contribution in [0.2, 0.25) is 10.4 Å². The Morgan fingerprint density at radius 2 is 2.05 bits per heavy atom. The third kappa shape index (κ3) is 2.43. The van der Waals surface area contributed by atoms with E-state index in [0.717, 1.165) is 24.3 Å². The van der Waals surface area contributed by atoms with Gasteiger partial charge in [-0.2, -0.15) is 4.98 Å². The SMILES string of the molecule is Clc1nc(Cl)c2ncn(-c3cccc(OC4CC4)c3)c2n1. The van der Waals surface area contributed by atoms with Crippen LogP contribution in [-0.2, 0) is 0 Å². The van der Waals surface area contributed by atoms with Crippen LogP contribution < -0.4 is 4.74 Å². The average molecular weight is 321 g/mol. The van der Waals surface area contributed by atoms with Crippen molar-refractivity contribution in [1.82, 2.24) is 19.5 Å². The fourth-order valence-corrected chi connectivity index (χ4v) is 2.54. The molecule has 4 rings (SSSR count). The molecule has 0 aliphatic heterocycles. The second-order valence-electron chi connectivity index (χ2n) is 4.88. The topological polar surface area (TPSA) is 52.8 Å². The molecule has 0 N–H and O–H groups in total. The summed E-state index contributed by atoms with van der Waals surface area (Å²) in [6, 6.07) is 7.77. The van der Waals surface area contributed by atoms with Crippen molar-refractivity contribution in [3.05, 3.63) is 41.0 Å². The smallest absolute Gasteiger partial charge is 0.225 e. The Morgan fingerprint density at radius 3 is 2.86 bits per heavy atom. The van der Waals surface area contributed by atoms with E-state index in [9.17, 15) is 0 Å². The van der Waals surface area contributed by atoms with Gasteiger partial charge in [-0.05, 0) is 36.6 Å². The second-order valence-corrected chi connectivity index (χ2v) is 5.58. The Bertz CT molecular complexity index is 829. The summed E-state index contributed by atoms with van der Waals surface area (Å²) in [4.78, 5) is 12.3. The van der Waals surface area contributed by atoms with E-state index in [1.807, 2.05) is 28.8 Å². The Balaban J connectivity index is 1.82. The van der Waals surface area contributed by atoms with E-state index in [1.165, 1.54) is 0 Å². The van der Waals surface area contributed by atoms with Crippen molar-refractivity contribution >= 4 is 34.4 Å². The molecule has 0 spiro atoms. The summed E-state index contributed by atoms with van der Waals surface area (Å²) in [5.74, 6) is 0.836. The van der Waals surface area contributed by atoms with Crippen LogP contribution in [0.25, 0.3) is 16.9 Å². The lowest BCUT2D eigenvalue weighted by Gasteiger charge is -2.08. The fraction of sp³-hybridized carbons (Fsp3) is 0.214. The van der Waals surface area contributed by atoms with Gasteiger partial charge in [-0.25, -0.2) is 9.97 Å². The molecule has 3 aromatic rings. The Labute approximate surface area is 130 Å². The molecule has 2 heterocycles. The lowest BCUT2D eigenvalue weighted by Crippen LogP contribution is -1.99. The van der Waals surface area contributed by atoms with Crippen molar-refractivity contribution in [3.63, 3.8) is 0 Å². The molecule has 106 valence electrons. The number of hydrogen-bond acceptors (Lipinski definition) is 4. The second kappa shape index (κ2) is 4.86. The van der Waals surface area contributed by atoms with Gasteiger partial charge in [0.1, 0.15) is 17.6 Å². The van der Waals surface area contributed by atoms with Crippen LogP contribution >= 0.6 is 23.2 Å². The molecule has 7 heteroatoms. The van der Waals surface area contributed by atoms with E-state index in [4.69, 9.17) is 27.9 Å². The molecule has 1 aliphatic rings. The summed E-state index contributed by atoms with van der Waals surface area (Å²) >= 11 is 11.9. The van der Waals surface area contributed by atoms with Gasteiger partial charge >= 0.3 is 0 Å². The van der Waals surface area contributed by atoms with Crippen LogP contribution in [-0.4, -0.2) is 25.6 Å². The summed E-state index contributed by atoms with van der Waals surface area (Å²) < 4.78 is 7.62. The number of fused-ring (bicyclic) bond motifs is 1. The van der Waals surface area contributed by atoms with E-state index in [1.54, 1.807) is 6.33 Å². The number of ether oxygens (including phenoxy) is 1. The molecule has 1 aromatic carbocycles. The molecule has 0 amide bonds. The molecule has 1 fully saturated rings. The predicted molar refractivity (Wildman–Crippen MR) is 80.3 cm³/mol. The number of benzene rings is 1. The molecule has 1 saturated carbocycles. The van der Waals surface area contributed by atoms with Crippen LogP contribution in [0.5, 0.6) is 5.75 Å². The average Bonchev–Trinajstić information content (AvgIpc) is 3.16. The minimum Gasteiger partial charge on any atom is -0.490 e. The highest BCUT2D eigenvalue weighted by atomic mass is 35.5. The summed E-state index contributed by atoms with van der Waals surface area (Å²) in [5.41, 5.74) is 1.99. The molecular formula is C14H10Cl2N4O. The molecule has 0 atom stereocenters. The van der Waals surface area contributed by atoms with E-state index in [-0.39, 0.29) is 10.4 Å². The molecule has 0 bridgehead atoms. The van der Waals surface area contributed by atoms with E-state index in [2.05, 4.69) is 15.0 Å². The zero-order valence-corrected chi connectivity index (χ0v) is 12.3. The summed E-state index contributed by atoms with van der Waals surface area (Å²) in [5, 5.41) is 0.341. The van der Waals surface area contributed by atoms with Gasteiger partial charge in [0.2, 0.25) is 5.28 Å². The van der Waals surface area contributed by atoms with Crippen molar-refractivity contribution < 1.29 is 4.74 Å². The van der Waals surface area contributed by atoms with Crippen LogP contribution in [0.3, 0.4) is 0 Å². The monoisotopic (exact) mass is 320 g/mol. The lowest BCUT2D eigenvalue weighted by molar-refractivity contribution is 0.303. The van der Waals surface area contributed by atoms with Gasteiger partial charge < -0.3 is 4.74 Å². The van der Waals surface area contributed by atoms with Crippen LogP contribution in [0.4, 0.5) is 0 Å². The van der Waals surface area contributed by atoms with Gasteiger partial charge in [-0.15, -0.1) is 0 Å². The van der Waals surface area contributed by atoms with Crippen LogP contribution in [0, 0.1) is 0 Å². The maximum atomic E-state index is 6.04. The first-order valence-electron chi connectivity index (χ1n) is 6.54. The zero-order valence-electron chi connectivity index (χ0n) is 10.8. The van der Waals surface area contributed by atoms with Crippen LogP contribution in [0.1, 0.15) is 12.8 Å². The normalized spacial score (nSPS) is 14.6. The third-order valence-electron chi connectivity index (χ3n) is 3.25. The maximum Gasteiger partial charge on any atom is 0.225 e. The number of halogens is 2. The predicted octanol–water partition coefficient (Wildman–Crippen LogP) is 3.66. The van der Waals surface area contributed by atoms with E-state index in [0.29, 0.717) is 17.3 Å². The molecule has 0 radical (unpaired) electrons. The maximum absolute atomic E-state index is 6.04. The van der Waals surface area contributed by atoms with Gasteiger partial charge in [0, 0.05) is 6.07 Å². The van der Waals surface area contributed by atoms with Gasteiger partial charge in [0.05, 0.1) is 11.8 Å². The Morgan fingerprint density at radius 1 is 1.19 bits per heavy atom. The summed E-state index contributed by atoms with van der Waals surface area (Å²) in [7, 11) is 0. The van der Waals surface area contributed by atoms with Crippen molar-refractivity contribution in [3.8, 4) is 11.4 Å². The minimum atomic E-state index is 0.0969. The van der Waals surface area contributed by atoms with Crippen molar-refractivity contribution in [2.45, 2.75) is 18.9 Å². The number of hydrogen-bond donors (Lipinski definition) is 0. The number of imidazole rings is 1. The highest BCUT2D eigenvalue weighted by molar-refractivity contribution is 6.35. The van der Waals surface area contributed by atoms with Crippen LogP contribution in [0.15, 0.2) is 30.6 Å². The quantitative estimate of drug-likeness (QED) is 0.546. The highest BCUT2D eigenvalue weighted by Crippen LogP contribution is 2.29. The molecule has 0 saturated heterocycles. The largest absolute Gasteiger partial charge is 0.490 e. The third-order valence-corrected chi connectivity index (χ3v) is 3.68. The first-order valence-corrected chi connectivity index (χ1v) is 7.29. The minimum absolute atomic E-state index is 0.0969. The molecule has 1 aliphatic carbocycles. The molecular weight excluding hydrogens is 311 g/mol. The number of aromatic nitrogens is 4. The van der Waals surface area contributed by atoms with E-state index >= 15 is 0 Å². The zero-order chi connectivity index (χ0) is 14.4. The molecule has 2 aromatic heterocycles. The molecule has 21 heavy (non-hydrogen) atoms. The lowest BCUT2D eigenvalue weighted by atomic mass is 10.3. The standard InChI is InChI=1S/C14H10Cl2N4O/c15-12-11-13(19-14(16)18-12)20(7-17-11)8-2-1-3-10(6-8)21-9-4-5-9/h1-3,6-7,9H,4-5H2. The summed E-state index contributed by atoms with van der Waals surface area (Å²) in [6.45, 7) is 0. The first kappa shape index (κ1) is 12.9. The van der Waals surface area contributed by atoms with Gasteiger partial charge in [-0.3, -0.25) is 4.57 Å². The first-order chi connectivity index (χ1) is 10.2. The Hall–Kier alpha value is -1.85. The van der Waals surface area contributed by atoms with Gasteiger partial charge in [0.15, 0.2) is 10.8 Å². The fourth-order valence-electron chi connectivity index (χ4n) is 2.11. The van der Waals surface area contributed by atoms with Gasteiger partial charge in [0.25, 0.3) is 0 Å². The van der Waals surface area contributed by atoms with Crippen molar-refractivity contribution in [2.24, 2.45) is 0 Å². The summed E-state index contributed by atoms with van der Waals surface area (Å²) in [6.07, 6.45) is 4.25. The highest BCUT2D eigenvalue weighted by Gasteiger charge is 2.23. The van der Waals surface area contributed by atoms with E-state index < -0.39 is 0 Å². The number of nitrogens with zero attached hydrogens (tertiary/aromatic N) is 4. The van der Waals surface area contributed by atoms with Gasteiger partial charge in [-0.1, -0.05) is 17.7 Å². The number of rotatable bonds is 3. The van der Waals surface area contributed by atoms with Crippen molar-refractivity contribution in [2.75, 3.05) is 0 Å². The Kier molecular flexibility index (Phi) is 2.97. The molecule has 5 nitrogen and oxygen atoms in total. The van der Waals surface area contributed by atoms with Crippen molar-refractivity contribution in [1.29, 1.82) is 0 Å². The molecule has 0 unspecified atom stereocenters.